The summed E-state index contributed by atoms with van der Waals surface area (Å²) in [4.78, 5) is 14.6. The first-order valence-electron chi connectivity index (χ1n) is 9.14. The van der Waals surface area contributed by atoms with E-state index in [1.54, 1.807) is 0 Å². The fourth-order valence-corrected chi connectivity index (χ4v) is 3.57. The summed E-state index contributed by atoms with van der Waals surface area (Å²) in [5, 5.41) is 12.9. The second-order valence-corrected chi connectivity index (χ2v) is 7.53. The van der Waals surface area contributed by atoms with Crippen molar-refractivity contribution in [2.45, 2.75) is 53.0 Å². The Morgan fingerprint density at radius 1 is 1.29 bits per heavy atom. The lowest BCUT2D eigenvalue weighted by atomic mass is 9.77. The van der Waals surface area contributed by atoms with Crippen molar-refractivity contribution in [2.24, 2.45) is 11.3 Å². The summed E-state index contributed by atoms with van der Waals surface area (Å²) in [5.41, 5.74) is 2.40. The number of piperidine rings is 1. The van der Waals surface area contributed by atoms with Gasteiger partial charge in [0, 0.05) is 19.7 Å². The number of carbonyl (C=O) groups excluding carboxylic acids is 1. The van der Waals surface area contributed by atoms with Crippen LogP contribution in [0.15, 0.2) is 24.3 Å². The number of benzene rings is 1. The van der Waals surface area contributed by atoms with Crippen LogP contribution >= 0.6 is 0 Å². The Bertz CT molecular complexity index is 542. The van der Waals surface area contributed by atoms with E-state index in [1.165, 1.54) is 11.1 Å². The van der Waals surface area contributed by atoms with Crippen LogP contribution in [0.2, 0.25) is 0 Å². The van der Waals surface area contributed by atoms with Gasteiger partial charge in [0.2, 0.25) is 0 Å². The fraction of sp³-hybridized carbons (Fsp3) is 0.650. The topological polar surface area (TPSA) is 52.6 Å². The Morgan fingerprint density at radius 3 is 2.42 bits per heavy atom. The molecule has 134 valence electrons. The molecule has 0 spiro atoms. The Morgan fingerprint density at radius 2 is 1.92 bits per heavy atom. The van der Waals surface area contributed by atoms with Gasteiger partial charge in [-0.15, -0.1) is 0 Å². The van der Waals surface area contributed by atoms with E-state index in [1.807, 2.05) is 17.0 Å². The van der Waals surface area contributed by atoms with Crippen molar-refractivity contribution in [1.82, 2.24) is 10.2 Å². The van der Waals surface area contributed by atoms with Crippen LogP contribution in [0.25, 0.3) is 0 Å². The van der Waals surface area contributed by atoms with E-state index in [4.69, 9.17) is 0 Å². The molecule has 1 saturated heterocycles. The molecular weight excluding hydrogens is 300 g/mol. The second-order valence-electron chi connectivity index (χ2n) is 7.53. The molecule has 1 aliphatic heterocycles. The number of rotatable bonds is 5. The highest BCUT2D eigenvalue weighted by molar-refractivity contribution is 5.75. The predicted octanol–water partition coefficient (Wildman–Crippen LogP) is 3.89. The average Bonchev–Trinajstić information content (AvgIpc) is 2.60. The van der Waals surface area contributed by atoms with E-state index in [2.05, 4.69) is 45.1 Å². The molecular formula is C20H32N2O2. The molecule has 1 heterocycles. The number of urea groups is 1. The molecule has 1 aliphatic rings. The van der Waals surface area contributed by atoms with Gasteiger partial charge in [0.05, 0.1) is 6.04 Å². The van der Waals surface area contributed by atoms with Crippen LogP contribution in [0.3, 0.4) is 0 Å². The third-order valence-electron chi connectivity index (χ3n) is 5.67. The molecule has 1 aromatic rings. The maximum Gasteiger partial charge on any atom is 0.317 e. The van der Waals surface area contributed by atoms with Crippen molar-refractivity contribution in [3.05, 3.63) is 35.4 Å². The molecule has 0 bridgehead atoms. The van der Waals surface area contributed by atoms with Crippen molar-refractivity contribution in [3.63, 3.8) is 0 Å². The number of nitrogens with one attached hydrogen (secondary N) is 1. The van der Waals surface area contributed by atoms with E-state index >= 15 is 0 Å². The van der Waals surface area contributed by atoms with Gasteiger partial charge in [-0.2, -0.15) is 0 Å². The zero-order valence-electron chi connectivity index (χ0n) is 15.5. The van der Waals surface area contributed by atoms with Crippen molar-refractivity contribution in [1.29, 1.82) is 0 Å². The summed E-state index contributed by atoms with van der Waals surface area (Å²) in [5.74, 6) is 0.326. The van der Waals surface area contributed by atoms with Gasteiger partial charge in [-0.05, 0) is 48.6 Å². The number of hydrogen-bond donors (Lipinski definition) is 2. The molecule has 4 nitrogen and oxygen atoms in total. The largest absolute Gasteiger partial charge is 0.396 e. The molecule has 1 atom stereocenters. The van der Waals surface area contributed by atoms with Crippen LogP contribution in [-0.4, -0.2) is 35.7 Å². The first kappa shape index (κ1) is 18.8. The minimum absolute atomic E-state index is 0.00421. The van der Waals surface area contributed by atoms with E-state index in [0.717, 1.165) is 32.4 Å². The number of nitrogens with zero attached hydrogens (tertiary/aromatic N) is 1. The molecule has 2 amide bonds. The van der Waals surface area contributed by atoms with Crippen molar-refractivity contribution >= 4 is 6.03 Å². The van der Waals surface area contributed by atoms with Gasteiger partial charge < -0.3 is 15.3 Å². The predicted molar refractivity (Wildman–Crippen MR) is 97.9 cm³/mol. The third kappa shape index (κ3) is 4.10. The number of aliphatic hydroxyl groups excluding tert-OH is 1. The Hall–Kier alpha value is -1.55. The maximum absolute atomic E-state index is 12.7. The Kier molecular flexibility index (Phi) is 6.27. The van der Waals surface area contributed by atoms with Crippen LogP contribution in [0.1, 0.15) is 57.2 Å². The molecule has 0 aromatic heterocycles. The molecule has 2 N–H and O–H groups in total. The average molecular weight is 332 g/mol. The molecule has 0 radical (unpaired) electrons. The number of amides is 2. The maximum atomic E-state index is 12.7. The zero-order valence-corrected chi connectivity index (χ0v) is 15.5. The highest BCUT2D eigenvalue weighted by Gasteiger charge is 2.34. The molecule has 2 rings (SSSR count). The first-order chi connectivity index (χ1) is 11.4. The van der Waals surface area contributed by atoms with E-state index in [9.17, 15) is 9.90 Å². The molecule has 0 saturated carbocycles. The number of carbonyl (C=O) groups is 1. The minimum atomic E-state index is 0.00421. The molecule has 24 heavy (non-hydrogen) atoms. The van der Waals surface area contributed by atoms with Crippen LogP contribution in [0, 0.1) is 18.3 Å². The first-order valence-corrected chi connectivity index (χ1v) is 9.14. The van der Waals surface area contributed by atoms with Gasteiger partial charge >= 0.3 is 6.03 Å². The fourth-order valence-electron chi connectivity index (χ4n) is 3.57. The Labute approximate surface area is 146 Å². The van der Waals surface area contributed by atoms with Crippen LogP contribution in [-0.2, 0) is 0 Å². The normalized spacial score (nSPS) is 18.5. The van der Waals surface area contributed by atoms with Gasteiger partial charge in [-0.1, -0.05) is 45.0 Å². The van der Waals surface area contributed by atoms with Gasteiger partial charge in [0.15, 0.2) is 0 Å². The summed E-state index contributed by atoms with van der Waals surface area (Å²) in [6.45, 7) is 10.2. The van der Waals surface area contributed by atoms with Gasteiger partial charge in [-0.25, -0.2) is 4.79 Å². The number of aryl methyl sites for hydroxylation is 1. The molecule has 0 aliphatic carbocycles. The molecule has 1 aromatic carbocycles. The smallest absolute Gasteiger partial charge is 0.317 e. The van der Waals surface area contributed by atoms with Crippen LogP contribution < -0.4 is 5.32 Å². The Balaban J connectivity index is 2.04. The van der Waals surface area contributed by atoms with E-state index in [-0.39, 0.29) is 24.1 Å². The van der Waals surface area contributed by atoms with Crippen LogP contribution in [0.5, 0.6) is 0 Å². The van der Waals surface area contributed by atoms with Crippen molar-refractivity contribution in [2.75, 3.05) is 19.7 Å². The third-order valence-corrected chi connectivity index (χ3v) is 5.67. The number of aliphatic hydroxyl groups is 1. The van der Waals surface area contributed by atoms with Crippen molar-refractivity contribution < 1.29 is 9.90 Å². The summed E-state index contributed by atoms with van der Waals surface area (Å²) < 4.78 is 0. The lowest BCUT2D eigenvalue weighted by Crippen LogP contribution is -2.49. The molecule has 1 fully saturated rings. The van der Waals surface area contributed by atoms with Crippen LogP contribution in [0.4, 0.5) is 4.79 Å². The number of likely N-dealkylation sites (tertiary alicyclic amines) is 1. The SMILES string of the molecule is CCC1(CO)CCN(C(=O)NC(c2ccccc2C)C(C)C)CC1. The van der Waals surface area contributed by atoms with E-state index < -0.39 is 0 Å². The highest BCUT2D eigenvalue weighted by atomic mass is 16.3. The quantitative estimate of drug-likeness (QED) is 0.859. The summed E-state index contributed by atoms with van der Waals surface area (Å²) >= 11 is 0. The lowest BCUT2D eigenvalue weighted by molar-refractivity contribution is 0.0511. The van der Waals surface area contributed by atoms with Crippen molar-refractivity contribution in [3.8, 4) is 0 Å². The molecule has 1 unspecified atom stereocenters. The highest BCUT2D eigenvalue weighted by Crippen LogP contribution is 2.34. The zero-order chi connectivity index (χ0) is 17.7. The monoisotopic (exact) mass is 332 g/mol. The lowest BCUT2D eigenvalue weighted by Gasteiger charge is -2.40. The van der Waals surface area contributed by atoms with Gasteiger partial charge in [-0.3, -0.25) is 0 Å². The summed E-state index contributed by atoms with van der Waals surface area (Å²) in [6, 6.07) is 8.29. The van der Waals surface area contributed by atoms with E-state index in [0.29, 0.717) is 5.92 Å². The standard InChI is InChI=1S/C20H32N2O2/c1-5-20(14-23)10-12-22(13-11-20)19(24)21-18(15(2)3)17-9-7-6-8-16(17)4/h6-9,15,18,23H,5,10-14H2,1-4H3,(H,21,24). The molecule has 4 heteroatoms. The number of hydrogen-bond acceptors (Lipinski definition) is 2. The van der Waals surface area contributed by atoms with Gasteiger partial charge in [0.25, 0.3) is 0 Å². The summed E-state index contributed by atoms with van der Waals surface area (Å²) in [6.07, 6.45) is 2.73. The minimum Gasteiger partial charge on any atom is -0.396 e. The van der Waals surface area contributed by atoms with Gasteiger partial charge in [0.1, 0.15) is 0 Å². The second kappa shape index (κ2) is 8.02. The summed E-state index contributed by atoms with van der Waals surface area (Å²) in [7, 11) is 0.